The van der Waals surface area contributed by atoms with Gasteiger partial charge in [0.15, 0.2) is 0 Å². The van der Waals surface area contributed by atoms with Crippen LogP contribution in [0.25, 0.3) is 0 Å². The molecule has 4 nitrogen and oxygen atoms in total. The van der Waals surface area contributed by atoms with Crippen LogP contribution in [0.3, 0.4) is 0 Å². The molecule has 4 heteroatoms. The number of nitrogens with one attached hydrogen (secondary N) is 1. The van der Waals surface area contributed by atoms with Crippen LogP contribution in [0.2, 0.25) is 0 Å². The second kappa shape index (κ2) is 7.25. The highest BCUT2D eigenvalue weighted by Gasteiger charge is 2.25. The Morgan fingerprint density at radius 3 is 2.68 bits per heavy atom. The summed E-state index contributed by atoms with van der Waals surface area (Å²) in [5, 5.41) is 12.9. The van der Waals surface area contributed by atoms with E-state index in [-0.39, 0.29) is 12.0 Å². The number of nitrogens with zero attached hydrogens (tertiary/aromatic N) is 1. The van der Waals surface area contributed by atoms with E-state index in [1.165, 1.54) is 32.1 Å². The summed E-state index contributed by atoms with van der Waals surface area (Å²) in [6.45, 7) is 4.92. The SMILES string of the molecule is CC1CCN(CC(=O)NCC2CCCCC2)CC1O. The van der Waals surface area contributed by atoms with Gasteiger partial charge in [-0.2, -0.15) is 0 Å². The number of aliphatic hydroxyl groups is 1. The number of carbonyl (C=O) groups excluding carboxylic acids is 1. The summed E-state index contributed by atoms with van der Waals surface area (Å²) in [5.41, 5.74) is 0. The highest BCUT2D eigenvalue weighted by molar-refractivity contribution is 5.78. The van der Waals surface area contributed by atoms with Gasteiger partial charge in [0, 0.05) is 13.1 Å². The first-order chi connectivity index (χ1) is 9.15. The van der Waals surface area contributed by atoms with Crippen molar-refractivity contribution in [2.75, 3.05) is 26.2 Å². The second-order valence-corrected chi connectivity index (χ2v) is 6.38. The molecule has 1 heterocycles. The molecule has 2 fully saturated rings. The lowest BCUT2D eigenvalue weighted by atomic mass is 9.89. The van der Waals surface area contributed by atoms with E-state index in [1.54, 1.807) is 0 Å². The molecular weight excluding hydrogens is 240 g/mol. The van der Waals surface area contributed by atoms with Crippen molar-refractivity contribution in [2.24, 2.45) is 11.8 Å². The predicted octanol–water partition coefficient (Wildman–Crippen LogP) is 1.39. The highest BCUT2D eigenvalue weighted by atomic mass is 16.3. The van der Waals surface area contributed by atoms with Gasteiger partial charge in [-0.1, -0.05) is 26.2 Å². The minimum absolute atomic E-state index is 0.118. The van der Waals surface area contributed by atoms with Gasteiger partial charge >= 0.3 is 0 Å². The van der Waals surface area contributed by atoms with E-state index in [0.29, 0.717) is 24.9 Å². The fourth-order valence-electron chi connectivity index (χ4n) is 3.17. The van der Waals surface area contributed by atoms with Crippen LogP contribution in [0.1, 0.15) is 45.4 Å². The normalized spacial score (nSPS) is 30.2. The van der Waals surface area contributed by atoms with Gasteiger partial charge in [0.25, 0.3) is 0 Å². The zero-order valence-corrected chi connectivity index (χ0v) is 12.1. The van der Waals surface area contributed by atoms with Gasteiger partial charge in [-0.05, 0) is 37.6 Å². The molecule has 1 aliphatic carbocycles. The number of amides is 1. The summed E-state index contributed by atoms with van der Waals surface area (Å²) in [5.74, 6) is 1.17. The summed E-state index contributed by atoms with van der Waals surface area (Å²) in [6.07, 6.45) is 7.22. The van der Waals surface area contributed by atoms with Gasteiger partial charge in [-0.3, -0.25) is 9.69 Å². The molecule has 2 rings (SSSR count). The summed E-state index contributed by atoms with van der Waals surface area (Å²) in [6, 6.07) is 0. The Hall–Kier alpha value is -0.610. The third-order valence-electron chi connectivity index (χ3n) is 4.68. The monoisotopic (exact) mass is 268 g/mol. The number of aliphatic hydroxyl groups excluding tert-OH is 1. The molecule has 0 aromatic heterocycles. The van der Waals surface area contributed by atoms with Gasteiger partial charge in [0.05, 0.1) is 12.6 Å². The quantitative estimate of drug-likeness (QED) is 0.810. The van der Waals surface area contributed by atoms with Crippen molar-refractivity contribution in [3.63, 3.8) is 0 Å². The maximum atomic E-state index is 11.9. The molecule has 0 bridgehead atoms. The molecule has 110 valence electrons. The van der Waals surface area contributed by atoms with E-state index in [2.05, 4.69) is 17.1 Å². The molecule has 19 heavy (non-hydrogen) atoms. The van der Waals surface area contributed by atoms with Gasteiger partial charge in [-0.15, -0.1) is 0 Å². The Morgan fingerprint density at radius 1 is 1.26 bits per heavy atom. The van der Waals surface area contributed by atoms with Crippen LogP contribution in [0, 0.1) is 11.8 Å². The first-order valence-electron chi connectivity index (χ1n) is 7.82. The van der Waals surface area contributed by atoms with Gasteiger partial charge in [-0.25, -0.2) is 0 Å². The maximum absolute atomic E-state index is 11.9. The van der Waals surface area contributed by atoms with Crippen molar-refractivity contribution in [2.45, 2.75) is 51.6 Å². The van der Waals surface area contributed by atoms with Gasteiger partial charge in [0.1, 0.15) is 0 Å². The van der Waals surface area contributed by atoms with E-state index < -0.39 is 0 Å². The van der Waals surface area contributed by atoms with Crippen LogP contribution < -0.4 is 5.32 Å². The Morgan fingerprint density at radius 2 is 2.00 bits per heavy atom. The molecule has 2 atom stereocenters. The summed E-state index contributed by atoms with van der Waals surface area (Å²) >= 11 is 0. The molecule has 1 saturated carbocycles. The zero-order chi connectivity index (χ0) is 13.7. The van der Waals surface area contributed by atoms with E-state index in [0.717, 1.165) is 19.5 Å². The smallest absolute Gasteiger partial charge is 0.234 e. The van der Waals surface area contributed by atoms with Gasteiger partial charge < -0.3 is 10.4 Å². The van der Waals surface area contributed by atoms with E-state index in [4.69, 9.17) is 0 Å². The fourth-order valence-corrected chi connectivity index (χ4v) is 3.17. The number of piperidine rings is 1. The van der Waals surface area contributed by atoms with Crippen LogP contribution in [-0.2, 0) is 4.79 Å². The minimum Gasteiger partial charge on any atom is -0.392 e. The number of likely N-dealkylation sites (tertiary alicyclic amines) is 1. The molecule has 0 aromatic rings. The Kier molecular flexibility index (Phi) is 5.64. The molecular formula is C15H28N2O2. The lowest BCUT2D eigenvalue weighted by Gasteiger charge is -2.33. The number of carbonyl (C=O) groups is 1. The molecule has 0 aromatic carbocycles. The van der Waals surface area contributed by atoms with E-state index in [1.807, 2.05) is 0 Å². The Balaban J connectivity index is 1.63. The lowest BCUT2D eigenvalue weighted by molar-refractivity contribution is -0.123. The van der Waals surface area contributed by atoms with Crippen LogP contribution in [-0.4, -0.2) is 48.2 Å². The highest BCUT2D eigenvalue weighted by Crippen LogP contribution is 2.22. The van der Waals surface area contributed by atoms with Crippen LogP contribution in [0.15, 0.2) is 0 Å². The molecule has 0 radical (unpaired) electrons. The third-order valence-corrected chi connectivity index (χ3v) is 4.68. The average molecular weight is 268 g/mol. The van der Waals surface area contributed by atoms with E-state index in [9.17, 15) is 9.90 Å². The fraction of sp³-hybridized carbons (Fsp3) is 0.933. The Labute approximate surface area is 116 Å². The van der Waals surface area contributed by atoms with Crippen molar-refractivity contribution in [1.82, 2.24) is 10.2 Å². The third kappa shape index (κ3) is 4.77. The predicted molar refractivity (Wildman–Crippen MR) is 75.8 cm³/mol. The number of rotatable bonds is 4. The molecule has 1 aliphatic heterocycles. The average Bonchev–Trinajstić information content (AvgIpc) is 2.42. The molecule has 2 N–H and O–H groups in total. The molecule has 2 aliphatic rings. The van der Waals surface area contributed by atoms with Crippen molar-refractivity contribution in [1.29, 1.82) is 0 Å². The maximum Gasteiger partial charge on any atom is 0.234 e. The summed E-state index contributed by atoms with van der Waals surface area (Å²) in [7, 11) is 0. The molecule has 1 amide bonds. The molecule has 2 unspecified atom stereocenters. The van der Waals surface area contributed by atoms with Crippen LogP contribution >= 0.6 is 0 Å². The molecule has 0 spiro atoms. The topological polar surface area (TPSA) is 52.6 Å². The van der Waals surface area contributed by atoms with Gasteiger partial charge in [0.2, 0.25) is 5.91 Å². The van der Waals surface area contributed by atoms with E-state index >= 15 is 0 Å². The lowest BCUT2D eigenvalue weighted by Crippen LogP contribution is -2.47. The van der Waals surface area contributed by atoms with Crippen molar-refractivity contribution < 1.29 is 9.90 Å². The number of hydrogen-bond acceptors (Lipinski definition) is 3. The summed E-state index contributed by atoms with van der Waals surface area (Å²) in [4.78, 5) is 14.0. The standard InChI is InChI=1S/C15H28N2O2/c1-12-7-8-17(10-14(12)18)11-15(19)16-9-13-5-3-2-4-6-13/h12-14,18H,2-11H2,1H3,(H,16,19). The van der Waals surface area contributed by atoms with Crippen LogP contribution in [0.4, 0.5) is 0 Å². The zero-order valence-electron chi connectivity index (χ0n) is 12.1. The molecule has 1 saturated heterocycles. The second-order valence-electron chi connectivity index (χ2n) is 6.38. The number of β-amino-alcohol motifs (C(OH)–C–C–N with tert-alkyl or cyclic N) is 1. The Bertz CT molecular complexity index is 290. The summed E-state index contributed by atoms with van der Waals surface area (Å²) < 4.78 is 0. The number of hydrogen-bond donors (Lipinski definition) is 2. The van der Waals surface area contributed by atoms with Crippen LogP contribution in [0.5, 0.6) is 0 Å². The minimum atomic E-state index is -0.278. The first kappa shape index (κ1) is 14.8. The first-order valence-corrected chi connectivity index (χ1v) is 7.82. The largest absolute Gasteiger partial charge is 0.392 e. The van der Waals surface area contributed by atoms with Crippen molar-refractivity contribution >= 4 is 5.91 Å². The van der Waals surface area contributed by atoms with Crippen molar-refractivity contribution in [3.8, 4) is 0 Å². The van der Waals surface area contributed by atoms with Crippen molar-refractivity contribution in [3.05, 3.63) is 0 Å².